The first kappa shape index (κ1) is 13.5. The zero-order chi connectivity index (χ0) is 14.0. The van der Waals surface area contributed by atoms with Crippen LogP contribution in [0.2, 0.25) is 5.02 Å². The number of halogens is 4. The molecule has 0 aliphatic carbocycles. The van der Waals surface area contributed by atoms with Crippen molar-refractivity contribution in [2.75, 3.05) is 0 Å². The lowest BCUT2D eigenvalue weighted by molar-refractivity contribution is -0.274. The molecule has 0 fully saturated rings. The number of hydrogen-bond donors (Lipinski definition) is 1. The Labute approximate surface area is 112 Å². The Morgan fingerprint density at radius 2 is 1.63 bits per heavy atom. The molecule has 100 valence electrons. The van der Waals surface area contributed by atoms with Gasteiger partial charge in [0.15, 0.2) is 0 Å². The molecule has 2 aromatic carbocycles. The van der Waals surface area contributed by atoms with E-state index in [1.54, 1.807) is 12.1 Å². The second kappa shape index (κ2) is 5.01. The summed E-state index contributed by atoms with van der Waals surface area (Å²) in [6.45, 7) is 0. The summed E-state index contributed by atoms with van der Waals surface area (Å²) in [6, 6.07) is 9.72. The highest BCUT2D eigenvalue weighted by Gasteiger charge is 2.30. The molecule has 1 N–H and O–H groups in total. The van der Waals surface area contributed by atoms with Gasteiger partial charge in [-0.25, -0.2) is 0 Å². The molecular formula is C13H8ClF3O2. The van der Waals surface area contributed by atoms with Gasteiger partial charge in [0, 0.05) is 10.6 Å². The van der Waals surface area contributed by atoms with Gasteiger partial charge in [-0.15, -0.1) is 13.2 Å². The van der Waals surface area contributed by atoms with Crippen molar-refractivity contribution >= 4 is 11.6 Å². The van der Waals surface area contributed by atoms with Crippen LogP contribution in [0.3, 0.4) is 0 Å². The first-order valence-corrected chi connectivity index (χ1v) is 5.58. The van der Waals surface area contributed by atoms with E-state index >= 15 is 0 Å². The van der Waals surface area contributed by atoms with Gasteiger partial charge >= 0.3 is 6.36 Å². The Hall–Kier alpha value is -1.88. The van der Waals surface area contributed by atoms with Gasteiger partial charge in [-0.1, -0.05) is 23.7 Å². The molecule has 0 saturated heterocycles. The third-order valence-corrected chi connectivity index (χ3v) is 2.59. The van der Waals surface area contributed by atoms with E-state index in [1.165, 1.54) is 30.3 Å². The average molecular weight is 289 g/mol. The van der Waals surface area contributed by atoms with Crippen molar-refractivity contribution in [3.05, 3.63) is 47.5 Å². The highest BCUT2D eigenvalue weighted by atomic mass is 35.5. The fourth-order valence-corrected chi connectivity index (χ4v) is 1.75. The number of phenolic OH excluding ortho intramolecular Hbond substituents is 1. The van der Waals surface area contributed by atoms with Crippen molar-refractivity contribution in [1.82, 2.24) is 0 Å². The van der Waals surface area contributed by atoms with Crippen molar-refractivity contribution in [1.29, 1.82) is 0 Å². The molecule has 0 aliphatic rings. The molecule has 0 unspecified atom stereocenters. The summed E-state index contributed by atoms with van der Waals surface area (Å²) >= 11 is 5.70. The van der Waals surface area contributed by atoms with Gasteiger partial charge in [-0.3, -0.25) is 0 Å². The van der Waals surface area contributed by atoms with E-state index in [-0.39, 0.29) is 11.5 Å². The summed E-state index contributed by atoms with van der Waals surface area (Å²) < 4.78 is 39.7. The van der Waals surface area contributed by atoms with E-state index in [9.17, 15) is 18.3 Å². The minimum atomic E-state index is -4.72. The lowest BCUT2D eigenvalue weighted by Crippen LogP contribution is -2.16. The van der Waals surface area contributed by atoms with Gasteiger partial charge in [-0.2, -0.15) is 0 Å². The van der Waals surface area contributed by atoms with Gasteiger partial charge in [-0.05, 0) is 35.9 Å². The lowest BCUT2D eigenvalue weighted by atomic mass is 10.0. The number of hydrogen-bond acceptors (Lipinski definition) is 2. The van der Waals surface area contributed by atoms with Crippen LogP contribution >= 0.6 is 11.6 Å². The Kier molecular flexibility index (Phi) is 3.57. The maximum atomic E-state index is 12.0. The molecule has 2 rings (SSSR count). The SMILES string of the molecule is Oc1cc(Cl)ccc1-c1ccc(OC(F)(F)F)cc1. The van der Waals surface area contributed by atoms with Crippen LogP contribution < -0.4 is 4.74 Å². The largest absolute Gasteiger partial charge is 0.573 e. The maximum Gasteiger partial charge on any atom is 0.573 e. The number of benzene rings is 2. The Morgan fingerprint density at radius 1 is 1.00 bits per heavy atom. The first-order valence-electron chi connectivity index (χ1n) is 5.20. The molecule has 0 atom stereocenters. The van der Waals surface area contributed by atoms with Crippen molar-refractivity contribution in [3.8, 4) is 22.6 Å². The summed E-state index contributed by atoms with van der Waals surface area (Å²) in [5.74, 6) is -0.360. The molecule has 19 heavy (non-hydrogen) atoms. The van der Waals surface area contributed by atoms with Crippen LogP contribution in [0.4, 0.5) is 13.2 Å². The lowest BCUT2D eigenvalue weighted by Gasteiger charge is -2.10. The molecule has 0 saturated carbocycles. The zero-order valence-electron chi connectivity index (χ0n) is 9.41. The topological polar surface area (TPSA) is 29.5 Å². The van der Waals surface area contributed by atoms with Crippen LogP contribution in [0.15, 0.2) is 42.5 Å². The Morgan fingerprint density at radius 3 is 2.16 bits per heavy atom. The van der Waals surface area contributed by atoms with E-state index < -0.39 is 6.36 Å². The second-order valence-corrected chi connectivity index (χ2v) is 4.17. The summed E-state index contributed by atoms with van der Waals surface area (Å²) in [5, 5.41) is 10.1. The molecule has 0 radical (unpaired) electrons. The quantitative estimate of drug-likeness (QED) is 0.874. The molecule has 2 aromatic rings. The molecule has 2 nitrogen and oxygen atoms in total. The van der Waals surface area contributed by atoms with Crippen LogP contribution in [0.1, 0.15) is 0 Å². The van der Waals surface area contributed by atoms with E-state index in [0.29, 0.717) is 16.1 Å². The van der Waals surface area contributed by atoms with Crippen LogP contribution in [0.5, 0.6) is 11.5 Å². The minimum absolute atomic E-state index is 0.0445. The van der Waals surface area contributed by atoms with Gasteiger partial charge in [0.05, 0.1) is 0 Å². The predicted molar refractivity (Wildman–Crippen MR) is 65.2 cm³/mol. The zero-order valence-corrected chi connectivity index (χ0v) is 10.2. The van der Waals surface area contributed by atoms with Crippen molar-refractivity contribution < 1.29 is 23.0 Å². The summed E-state index contributed by atoms with van der Waals surface area (Å²) in [5.41, 5.74) is 1.03. The highest BCUT2D eigenvalue weighted by Crippen LogP contribution is 2.33. The molecule has 0 aliphatic heterocycles. The van der Waals surface area contributed by atoms with Crippen LogP contribution in [0, 0.1) is 0 Å². The van der Waals surface area contributed by atoms with Gasteiger partial charge in [0.25, 0.3) is 0 Å². The Balaban J connectivity index is 2.27. The summed E-state index contributed by atoms with van der Waals surface area (Å²) in [4.78, 5) is 0. The van der Waals surface area contributed by atoms with Crippen LogP contribution in [-0.2, 0) is 0 Å². The normalized spacial score (nSPS) is 11.4. The van der Waals surface area contributed by atoms with Gasteiger partial charge in [0.2, 0.25) is 0 Å². The smallest absolute Gasteiger partial charge is 0.507 e. The fraction of sp³-hybridized carbons (Fsp3) is 0.0769. The fourth-order valence-electron chi connectivity index (χ4n) is 1.59. The second-order valence-electron chi connectivity index (χ2n) is 3.73. The molecule has 0 amide bonds. The van der Waals surface area contributed by atoms with Crippen LogP contribution in [-0.4, -0.2) is 11.5 Å². The molecular weight excluding hydrogens is 281 g/mol. The highest BCUT2D eigenvalue weighted by molar-refractivity contribution is 6.30. The van der Waals surface area contributed by atoms with Gasteiger partial charge < -0.3 is 9.84 Å². The minimum Gasteiger partial charge on any atom is -0.507 e. The molecule has 6 heteroatoms. The standard InChI is InChI=1S/C13H8ClF3O2/c14-9-3-6-11(12(18)7-9)8-1-4-10(5-2-8)19-13(15,16)17/h1-7,18H. The maximum absolute atomic E-state index is 12.0. The third kappa shape index (κ3) is 3.54. The number of alkyl halides is 3. The average Bonchev–Trinajstić information content (AvgIpc) is 2.28. The number of ether oxygens (including phenoxy) is 1. The first-order chi connectivity index (χ1) is 8.85. The number of rotatable bonds is 2. The summed E-state index contributed by atoms with van der Waals surface area (Å²) in [6.07, 6.45) is -4.72. The van der Waals surface area contributed by atoms with E-state index in [1.807, 2.05) is 0 Å². The van der Waals surface area contributed by atoms with Crippen LogP contribution in [0.25, 0.3) is 11.1 Å². The number of aromatic hydroxyl groups is 1. The van der Waals surface area contributed by atoms with Crippen molar-refractivity contribution in [2.45, 2.75) is 6.36 Å². The Bertz CT molecular complexity index is 579. The third-order valence-electron chi connectivity index (χ3n) is 2.36. The van der Waals surface area contributed by atoms with E-state index in [0.717, 1.165) is 0 Å². The van der Waals surface area contributed by atoms with E-state index in [4.69, 9.17) is 11.6 Å². The van der Waals surface area contributed by atoms with Crippen molar-refractivity contribution in [3.63, 3.8) is 0 Å². The van der Waals surface area contributed by atoms with Crippen molar-refractivity contribution in [2.24, 2.45) is 0 Å². The molecule has 0 bridgehead atoms. The molecule has 0 heterocycles. The monoisotopic (exact) mass is 288 g/mol. The van der Waals surface area contributed by atoms with Gasteiger partial charge in [0.1, 0.15) is 11.5 Å². The van der Waals surface area contributed by atoms with E-state index in [2.05, 4.69) is 4.74 Å². The molecule has 0 spiro atoms. The predicted octanol–water partition coefficient (Wildman–Crippen LogP) is 4.61. The number of phenols is 1. The molecule has 0 aromatic heterocycles. The summed E-state index contributed by atoms with van der Waals surface area (Å²) in [7, 11) is 0.